The highest BCUT2D eigenvalue weighted by atomic mass is 16.3. The average Bonchev–Trinajstić information content (AvgIpc) is 2.91. The number of nitrogens with zero attached hydrogens (tertiary/aromatic N) is 1. The molecular weight excluding hydrogens is 176 g/mol. The summed E-state index contributed by atoms with van der Waals surface area (Å²) >= 11 is 0. The lowest BCUT2D eigenvalue weighted by Gasteiger charge is -2.00. The molecule has 0 spiro atoms. The summed E-state index contributed by atoms with van der Waals surface area (Å²) in [7, 11) is 0. The first kappa shape index (κ1) is 9.29. The average molecular weight is 190 g/mol. The van der Waals surface area contributed by atoms with E-state index in [0.29, 0.717) is 5.76 Å². The SMILES string of the molecule is N#Cc1ccc(CNCCC2CC2)o1. The third-order valence-corrected chi connectivity index (χ3v) is 2.50. The van der Waals surface area contributed by atoms with Gasteiger partial charge in [-0.1, -0.05) is 12.8 Å². The van der Waals surface area contributed by atoms with E-state index in [1.165, 1.54) is 19.3 Å². The van der Waals surface area contributed by atoms with Crippen molar-refractivity contribution in [3.05, 3.63) is 23.7 Å². The van der Waals surface area contributed by atoms with Gasteiger partial charge in [0, 0.05) is 0 Å². The summed E-state index contributed by atoms with van der Waals surface area (Å²) in [6.45, 7) is 1.78. The normalized spacial score (nSPS) is 15.4. The van der Waals surface area contributed by atoms with Crippen LogP contribution < -0.4 is 5.32 Å². The van der Waals surface area contributed by atoms with Crippen molar-refractivity contribution >= 4 is 0 Å². The molecule has 3 heteroatoms. The van der Waals surface area contributed by atoms with Crippen molar-refractivity contribution in [2.45, 2.75) is 25.8 Å². The fraction of sp³-hybridized carbons (Fsp3) is 0.545. The van der Waals surface area contributed by atoms with Gasteiger partial charge in [0.05, 0.1) is 6.54 Å². The summed E-state index contributed by atoms with van der Waals surface area (Å²) in [6, 6.07) is 5.53. The largest absolute Gasteiger partial charge is 0.449 e. The summed E-state index contributed by atoms with van der Waals surface area (Å²) in [5.41, 5.74) is 0. The minimum Gasteiger partial charge on any atom is -0.449 e. The van der Waals surface area contributed by atoms with Crippen LogP contribution in [0.1, 0.15) is 30.8 Å². The highest BCUT2D eigenvalue weighted by Gasteiger charge is 2.19. The van der Waals surface area contributed by atoms with Gasteiger partial charge in [-0.25, -0.2) is 0 Å². The van der Waals surface area contributed by atoms with Gasteiger partial charge in [0.1, 0.15) is 11.8 Å². The van der Waals surface area contributed by atoms with Gasteiger partial charge < -0.3 is 9.73 Å². The lowest BCUT2D eigenvalue weighted by Crippen LogP contribution is -2.14. The van der Waals surface area contributed by atoms with E-state index >= 15 is 0 Å². The van der Waals surface area contributed by atoms with Crippen LogP contribution in [0.15, 0.2) is 16.5 Å². The first-order valence-electron chi connectivity index (χ1n) is 5.08. The molecule has 1 aromatic rings. The summed E-state index contributed by atoms with van der Waals surface area (Å²) in [6.07, 6.45) is 4.08. The minimum atomic E-state index is 0.393. The quantitative estimate of drug-likeness (QED) is 0.723. The molecule has 0 aliphatic heterocycles. The van der Waals surface area contributed by atoms with E-state index in [-0.39, 0.29) is 0 Å². The van der Waals surface area contributed by atoms with Crippen molar-refractivity contribution in [2.24, 2.45) is 5.92 Å². The van der Waals surface area contributed by atoms with E-state index in [4.69, 9.17) is 9.68 Å². The number of hydrogen-bond donors (Lipinski definition) is 1. The Balaban J connectivity index is 1.66. The summed E-state index contributed by atoms with van der Waals surface area (Å²) in [5.74, 6) is 2.20. The molecular formula is C11H14N2O. The molecule has 0 atom stereocenters. The molecule has 1 aromatic heterocycles. The highest BCUT2D eigenvalue weighted by molar-refractivity contribution is 5.18. The Labute approximate surface area is 83.7 Å². The van der Waals surface area contributed by atoms with Crippen LogP contribution in [0.3, 0.4) is 0 Å². The summed E-state index contributed by atoms with van der Waals surface area (Å²) < 4.78 is 5.23. The second-order valence-corrected chi connectivity index (χ2v) is 3.79. The zero-order valence-electron chi connectivity index (χ0n) is 8.12. The number of hydrogen-bond acceptors (Lipinski definition) is 3. The Kier molecular flexibility index (Phi) is 2.85. The van der Waals surface area contributed by atoms with E-state index < -0.39 is 0 Å². The second kappa shape index (κ2) is 4.30. The fourth-order valence-electron chi connectivity index (χ4n) is 1.46. The standard InChI is InChI=1S/C11H14N2O/c12-7-10-3-4-11(14-10)8-13-6-5-9-1-2-9/h3-4,9,13H,1-2,5-6,8H2. The first-order chi connectivity index (χ1) is 6.88. The van der Waals surface area contributed by atoms with Crippen LogP contribution in [0.25, 0.3) is 0 Å². The zero-order chi connectivity index (χ0) is 9.80. The van der Waals surface area contributed by atoms with Crippen LogP contribution in [-0.2, 0) is 6.54 Å². The minimum absolute atomic E-state index is 0.393. The molecule has 2 rings (SSSR count). The lowest BCUT2D eigenvalue weighted by molar-refractivity contribution is 0.469. The Morgan fingerprint density at radius 1 is 1.50 bits per heavy atom. The fourth-order valence-corrected chi connectivity index (χ4v) is 1.46. The predicted octanol–water partition coefficient (Wildman–Crippen LogP) is 2.04. The molecule has 1 fully saturated rings. The number of rotatable bonds is 5. The van der Waals surface area contributed by atoms with Crippen molar-refractivity contribution in [2.75, 3.05) is 6.54 Å². The van der Waals surface area contributed by atoms with Gasteiger partial charge in [0.2, 0.25) is 5.76 Å². The van der Waals surface area contributed by atoms with E-state index in [0.717, 1.165) is 24.8 Å². The maximum absolute atomic E-state index is 8.54. The molecule has 74 valence electrons. The van der Waals surface area contributed by atoms with E-state index in [1.54, 1.807) is 6.07 Å². The Bertz CT molecular complexity index is 333. The second-order valence-electron chi connectivity index (χ2n) is 3.79. The van der Waals surface area contributed by atoms with Crippen LogP contribution in [-0.4, -0.2) is 6.54 Å². The third-order valence-electron chi connectivity index (χ3n) is 2.50. The molecule has 0 amide bonds. The zero-order valence-corrected chi connectivity index (χ0v) is 8.12. The molecule has 0 radical (unpaired) electrons. The van der Waals surface area contributed by atoms with Gasteiger partial charge in [0.25, 0.3) is 0 Å². The van der Waals surface area contributed by atoms with Gasteiger partial charge in [-0.05, 0) is 31.0 Å². The van der Waals surface area contributed by atoms with Crippen molar-refractivity contribution in [3.8, 4) is 6.07 Å². The van der Waals surface area contributed by atoms with Gasteiger partial charge in [-0.15, -0.1) is 0 Å². The first-order valence-corrected chi connectivity index (χ1v) is 5.08. The lowest BCUT2D eigenvalue weighted by atomic mass is 10.3. The van der Waals surface area contributed by atoms with Crippen molar-refractivity contribution < 1.29 is 4.42 Å². The molecule has 0 bridgehead atoms. The van der Waals surface area contributed by atoms with Gasteiger partial charge >= 0.3 is 0 Å². The van der Waals surface area contributed by atoms with Gasteiger partial charge in [-0.3, -0.25) is 0 Å². The Morgan fingerprint density at radius 2 is 2.36 bits per heavy atom. The summed E-state index contributed by atoms with van der Waals surface area (Å²) in [4.78, 5) is 0. The molecule has 14 heavy (non-hydrogen) atoms. The van der Waals surface area contributed by atoms with E-state index in [2.05, 4.69) is 5.32 Å². The highest BCUT2D eigenvalue weighted by Crippen LogP contribution is 2.31. The van der Waals surface area contributed by atoms with Crippen LogP contribution in [0, 0.1) is 17.2 Å². The number of furan rings is 1. The Hall–Kier alpha value is -1.27. The smallest absolute Gasteiger partial charge is 0.203 e. The number of nitriles is 1. The van der Waals surface area contributed by atoms with Crippen LogP contribution >= 0.6 is 0 Å². The van der Waals surface area contributed by atoms with E-state index in [1.807, 2.05) is 12.1 Å². The van der Waals surface area contributed by atoms with Crippen LogP contribution in [0.2, 0.25) is 0 Å². The maximum Gasteiger partial charge on any atom is 0.203 e. The Morgan fingerprint density at radius 3 is 3.00 bits per heavy atom. The number of nitrogens with one attached hydrogen (secondary N) is 1. The molecule has 1 aliphatic carbocycles. The molecule has 0 aromatic carbocycles. The molecule has 1 N–H and O–H groups in total. The van der Waals surface area contributed by atoms with Crippen molar-refractivity contribution in [1.29, 1.82) is 5.26 Å². The van der Waals surface area contributed by atoms with E-state index in [9.17, 15) is 0 Å². The molecule has 0 saturated heterocycles. The predicted molar refractivity (Wildman–Crippen MR) is 52.5 cm³/mol. The van der Waals surface area contributed by atoms with Crippen molar-refractivity contribution in [3.63, 3.8) is 0 Å². The van der Waals surface area contributed by atoms with Crippen LogP contribution in [0.5, 0.6) is 0 Å². The topological polar surface area (TPSA) is 49.0 Å². The van der Waals surface area contributed by atoms with Crippen molar-refractivity contribution in [1.82, 2.24) is 5.32 Å². The molecule has 3 nitrogen and oxygen atoms in total. The molecule has 1 heterocycles. The summed E-state index contributed by atoms with van der Waals surface area (Å²) in [5, 5.41) is 11.8. The monoisotopic (exact) mass is 190 g/mol. The molecule has 0 unspecified atom stereocenters. The van der Waals surface area contributed by atoms with Gasteiger partial charge in [0.15, 0.2) is 0 Å². The molecule has 1 aliphatic rings. The van der Waals surface area contributed by atoms with Crippen LogP contribution in [0.4, 0.5) is 0 Å². The van der Waals surface area contributed by atoms with Gasteiger partial charge in [-0.2, -0.15) is 5.26 Å². The third kappa shape index (κ3) is 2.61. The maximum atomic E-state index is 8.54. The molecule has 1 saturated carbocycles.